The van der Waals surface area contributed by atoms with Crippen molar-refractivity contribution in [3.05, 3.63) is 0 Å². The van der Waals surface area contributed by atoms with Crippen LogP contribution in [-0.2, 0) is 9.53 Å². The van der Waals surface area contributed by atoms with Gasteiger partial charge in [-0.05, 0) is 51.6 Å². The third kappa shape index (κ3) is 3.47. The number of piperidine rings is 1. The lowest BCUT2D eigenvalue weighted by Gasteiger charge is -2.40. The van der Waals surface area contributed by atoms with Crippen LogP contribution in [0.4, 0.5) is 0 Å². The Labute approximate surface area is 111 Å². The molecule has 3 heteroatoms. The molecule has 2 aliphatic rings. The van der Waals surface area contributed by atoms with Crippen molar-refractivity contribution in [2.45, 2.75) is 58.4 Å². The molecule has 2 atom stereocenters. The van der Waals surface area contributed by atoms with Gasteiger partial charge in [-0.25, -0.2) is 0 Å². The first-order chi connectivity index (χ1) is 8.70. The van der Waals surface area contributed by atoms with Crippen LogP contribution in [0.5, 0.6) is 0 Å². The maximum absolute atomic E-state index is 11.7. The summed E-state index contributed by atoms with van der Waals surface area (Å²) >= 11 is 0. The van der Waals surface area contributed by atoms with Crippen LogP contribution in [-0.4, -0.2) is 36.6 Å². The molecule has 0 aromatic heterocycles. The maximum Gasteiger partial charge on any atom is 0.309 e. The zero-order valence-electron chi connectivity index (χ0n) is 11.9. The largest absolute Gasteiger partial charge is 0.466 e. The Hall–Kier alpha value is -0.570. The van der Waals surface area contributed by atoms with Gasteiger partial charge in [-0.1, -0.05) is 19.8 Å². The molecule has 0 amide bonds. The van der Waals surface area contributed by atoms with E-state index in [1.807, 2.05) is 6.92 Å². The number of carbonyl (C=O) groups excluding carboxylic acids is 1. The monoisotopic (exact) mass is 253 g/mol. The minimum Gasteiger partial charge on any atom is -0.466 e. The zero-order valence-corrected chi connectivity index (χ0v) is 11.9. The molecule has 0 N–H and O–H groups in total. The van der Waals surface area contributed by atoms with Gasteiger partial charge in [0.05, 0.1) is 12.5 Å². The summed E-state index contributed by atoms with van der Waals surface area (Å²) in [5, 5.41) is 0. The van der Waals surface area contributed by atoms with Gasteiger partial charge in [0, 0.05) is 6.04 Å². The number of likely N-dealkylation sites (tertiary alicyclic amines) is 1. The number of ether oxygens (including phenoxy) is 1. The maximum atomic E-state index is 11.7. The Morgan fingerprint density at radius 1 is 1.22 bits per heavy atom. The van der Waals surface area contributed by atoms with E-state index >= 15 is 0 Å². The summed E-state index contributed by atoms with van der Waals surface area (Å²) in [6, 6.07) is 0.775. The predicted octanol–water partition coefficient (Wildman–Crippen LogP) is 2.84. The van der Waals surface area contributed by atoms with E-state index < -0.39 is 0 Å². The lowest BCUT2D eigenvalue weighted by molar-refractivity contribution is -0.149. The van der Waals surface area contributed by atoms with E-state index in [1.165, 1.54) is 25.7 Å². The van der Waals surface area contributed by atoms with Gasteiger partial charge in [-0.2, -0.15) is 0 Å². The highest BCUT2D eigenvalue weighted by atomic mass is 16.5. The molecular weight excluding hydrogens is 226 g/mol. The molecule has 1 heterocycles. The van der Waals surface area contributed by atoms with Crippen molar-refractivity contribution in [1.82, 2.24) is 4.90 Å². The Morgan fingerprint density at radius 2 is 1.94 bits per heavy atom. The SMILES string of the molecule is CCOC(=O)C1CCN([C@H]2CCC[C@@H](C)C2)CC1. The molecular formula is C15H27NO2. The van der Waals surface area contributed by atoms with E-state index in [2.05, 4.69) is 11.8 Å². The van der Waals surface area contributed by atoms with Crippen molar-refractivity contribution < 1.29 is 9.53 Å². The van der Waals surface area contributed by atoms with E-state index in [1.54, 1.807) is 0 Å². The van der Waals surface area contributed by atoms with Gasteiger partial charge in [0.15, 0.2) is 0 Å². The molecule has 2 rings (SSSR count). The predicted molar refractivity (Wildman–Crippen MR) is 72.4 cm³/mol. The quantitative estimate of drug-likeness (QED) is 0.724. The minimum atomic E-state index is 0.0224. The number of hydrogen-bond acceptors (Lipinski definition) is 3. The Balaban J connectivity index is 1.77. The molecule has 0 unspecified atom stereocenters. The van der Waals surface area contributed by atoms with Crippen molar-refractivity contribution in [1.29, 1.82) is 0 Å². The van der Waals surface area contributed by atoms with E-state index in [0.717, 1.165) is 37.9 Å². The summed E-state index contributed by atoms with van der Waals surface area (Å²) in [6.45, 7) is 6.94. The lowest BCUT2D eigenvalue weighted by Crippen LogP contribution is -2.44. The number of carbonyl (C=O) groups is 1. The summed E-state index contributed by atoms with van der Waals surface area (Å²) in [4.78, 5) is 14.3. The molecule has 3 nitrogen and oxygen atoms in total. The normalized spacial score (nSPS) is 31.2. The highest BCUT2D eigenvalue weighted by molar-refractivity contribution is 5.72. The smallest absolute Gasteiger partial charge is 0.309 e. The summed E-state index contributed by atoms with van der Waals surface area (Å²) in [7, 11) is 0. The number of esters is 1. The molecule has 0 radical (unpaired) electrons. The molecule has 1 aliphatic carbocycles. The molecule has 18 heavy (non-hydrogen) atoms. The fourth-order valence-electron chi connectivity index (χ4n) is 3.49. The van der Waals surface area contributed by atoms with Gasteiger partial charge in [0.2, 0.25) is 0 Å². The van der Waals surface area contributed by atoms with Crippen molar-refractivity contribution in [3.63, 3.8) is 0 Å². The summed E-state index contributed by atoms with van der Waals surface area (Å²) < 4.78 is 5.12. The van der Waals surface area contributed by atoms with Crippen LogP contribution in [0, 0.1) is 11.8 Å². The average Bonchev–Trinajstić information content (AvgIpc) is 2.39. The standard InChI is InChI=1S/C15H27NO2/c1-3-18-15(17)13-7-9-16(10-8-13)14-6-4-5-12(2)11-14/h12-14H,3-11H2,1-2H3/t12-,14+/m1/s1. The molecule has 104 valence electrons. The number of rotatable bonds is 3. The molecule has 1 saturated carbocycles. The highest BCUT2D eigenvalue weighted by Gasteiger charge is 2.31. The lowest BCUT2D eigenvalue weighted by atomic mass is 9.84. The number of hydrogen-bond donors (Lipinski definition) is 0. The molecule has 2 fully saturated rings. The summed E-state index contributed by atoms with van der Waals surface area (Å²) in [6.07, 6.45) is 7.46. The van der Waals surface area contributed by atoms with E-state index in [9.17, 15) is 4.79 Å². The summed E-state index contributed by atoms with van der Waals surface area (Å²) in [5.74, 6) is 1.06. The molecule has 1 saturated heterocycles. The fraction of sp³-hybridized carbons (Fsp3) is 0.933. The fourth-order valence-corrected chi connectivity index (χ4v) is 3.49. The van der Waals surface area contributed by atoms with Gasteiger partial charge in [-0.3, -0.25) is 4.79 Å². The van der Waals surface area contributed by atoms with Gasteiger partial charge < -0.3 is 9.64 Å². The van der Waals surface area contributed by atoms with Gasteiger partial charge >= 0.3 is 5.97 Å². The van der Waals surface area contributed by atoms with Crippen LogP contribution < -0.4 is 0 Å². The molecule has 0 aromatic carbocycles. The Morgan fingerprint density at radius 3 is 2.56 bits per heavy atom. The second-order valence-electron chi connectivity index (χ2n) is 5.99. The molecule has 0 spiro atoms. The minimum absolute atomic E-state index is 0.0224. The second kappa shape index (κ2) is 6.55. The van der Waals surface area contributed by atoms with Crippen LogP contribution >= 0.6 is 0 Å². The zero-order chi connectivity index (χ0) is 13.0. The topological polar surface area (TPSA) is 29.5 Å². The van der Waals surface area contributed by atoms with Crippen molar-refractivity contribution >= 4 is 5.97 Å². The van der Waals surface area contributed by atoms with Crippen molar-refractivity contribution in [2.75, 3.05) is 19.7 Å². The average molecular weight is 253 g/mol. The first-order valence-corrected chi connectivity index (χ1v) is 7.61. The van der Waals surface area contributed by atoms with Crippen LogP contribution in [0.25, 0.3) is 0 Å². The van der Waals surface area contributed by atoms with Gasteiger partial charge in [-0.15, -0.1) is 0 Å². The van der Waals surface area contributed by atoms with Gasteiger partial charge in [0.1, 0.15) is 0 Å². The van der Waals surface area contributed by atoms with Crippen LogP contribution in [0.1, 0.15) is 52.4 Å². The van der Waals surface area contributed by atoms with Gasteiger partial charge in [0.25, 0.3) is 0 Å². The third-order valence-electron chi connectivity index (χ3n) is 4.57. The van der Waals surface area contributed by atoms with Crippen LogP contribution in [0.2, 0.25) is 0 Å². The van der Waals surface area contributed by atoms with Crippen LogP contribution in [0.3, 0.4) is 0 Å². The number of nitrogens with zero attached hydrogens (tertiary/aromatic N) is 1. The second-order valence-corrected chi connectivity index (χ2v) is 5.99. The molecule has 0 aromatic rings. The van der Waals surface area contributed by atoms with E-state index in [0.29, 0.717) is 6.61 Å². The molecule has 1 aliphatic heterocycles. The third-order valence-corrected chi connectivity index (χ3v) is 4.57. The van der Waals surface area contributed by atoms with E-state index in [4.69, 9.17) is 4.74 Å². The first-order valence-electron chi connectivity index (χ1n) is 7.61. The Kier molecular flexibility index (Phi) is 5.04. The highest BCUT2D eigenvalue weighted by Crippen LogP contribution is 2.30. The Bertz CT molecular complexity index is 272. The summed E-state index contributed by atoms with van der Waals surface area (Å²) in [5.41, 5.74) is 0. The van der Waals surface area contributed by atoms with Crippen LogP contribution in [0.15, 0.2) is 0 Å². The van der Waals surface area contributed by atoms with E-state index in [-0.39, 0.29) is 11.9 Å². The molecule has 0 bridgehead atoms. The first kappa shape index (κ1) is 13.9. The van der Waals surface area contributed by atoms with Crippen molar-refractivity contribution in [2.24, 2.45) is 11.8 Å². The van der Waals surface area contributed by atoms with Crippen molar-refractivity contribution in [3.8, 4) is 0 Å².